The maximum atomic E-state index is 6.31. The van der Waals surface area contributed by atoms with Crippen molar-refractivity contribution in [2.45, 2.75) is 64.6 Å². The third-order valence-electron chi connectivity index (χ3n) is 7.74. The van der Waals surface area contributed by atoms with Crippen molar-refractivity contribution in [1.29, 1.82) is 0 Å². The Morgan fingerprint density at radius 1 is 1.07 bits per heavy atom. The normalized spacial score (nSPS) is 29.9. The van der Waals surface area contributed by atoms with Crippen LogP contribution in [0.3, 0.4) is 0 Å². The molecule has 2 heterocycles. The Labute approximate surface area is 178 Å². The highest BCUT2D eigenvalue weighted by molar-refractivity contribution is 6.41. The zero-order valence-corrected chi connectivity index (χ0v) is 18.3. The lowest BCUT2D eigenvalue weighted by molar-refractivity contribution is -0.000372. The Morgan fingerprint density at radius 2 is 1.83 bits per heavy atom. The van der Waals surface area contributed by atoms with E-state index < -0.39 is 5.66 Å². The second-order valence-corrected chi connectivity index (χ2v) is 9.26. The number of rotatable bonds is 2. The number of fused-ring (bicyclic) bond motifs is 3. The van der Waals surface area contributed by atoms with E-state index in [2.05, 4.69) is 37.0 Å². The average Bonchev–Trinajstić information content (AvgIpc) is 3.18. The van der Waals surface area contributed by atoms with Crippen molar-refractivity contribution < 1.29 is 4.74 Å². The molecule has 30 heavy (non-hydrogen) atoms. The minimum atomic E-state index is -0.601. The number of methoxy groups -OCH3 is 1. The largest absolute Gasteiger partial charge is 0.382 e. The van der Waals surface area contributed by atoms with Crippen LogP contribution in [0.1, 0.15) is 54.9 Å². The molecule has 1 fully saturated rings. The van der Waals surface area contributed by atoms with Crippen LogP contribution in [0.15, 0.2) is 40.6 Å². The minimum Gasteiger partial charge on any atom is -0.382 e. The van der Waals surface area contributed by atoms with E-state index >= 15 is 0 Å². The van der Waals surface area contributed by atoms with Gasteiger partial charge in [0.15, 0.2) is 5.66 Å². The monoisotopic (exact) mass is 402 g/mol. The molecule has 156 valence electrons. The van der Waals surface area contributed by atoms with Crippen LogP contribution in [-0.2, 0) is 16.8 Å². The summed E-state index contributed by atoms with van der Waals surface area (Å²) in [6, 6.07) is 6.81. The van der Waals surface area contributed by atoms with E-state index in [1.54, 1.807) is 0 Å². The summed E-state index contributed by atoms with van der Waals surface area (Å²) in [5.41, 5.74) is 13.9. The van der Waals surface area contributed by atoms with Crippen molar-refractivity contribution in [3.8, 4) is 11.1 Å². The fourth-order valence-electron chi connectivity index (χ4n) is 5.76. The van der Waals surface area contributed by atoms with Crippen LogP contribution in [-0.4, -0.2) is 29.7 Å². The SMILES string of the molecule is CO[C@H]1CC[C@]2(CC1)Cc1ccc(-c3cncc(C)c3C)cc1C21N=C(C)C(N)=N1. The number of hydrogen-bond donors (Lipinski definition) is 1. The second-order valence-electron chi connectivity index (χ2n) is 9.26. The number of nitrogens with two attached hydrogens (primary N) is 1. The molecule has 2 aliphatic carbocycles. The highest BCUT2D eigenvalue weighted by Gasteiger charge is 2.60. The maximum absolute atomic E-state index is 6.31. The highest BCUT2D eigenvalue weighted by atomic mass is 16.5. The lowest BCUT2D eigenvalue weighted by Crippen LogP contribution is -2.43. The van der Waals surface area contributed by atoms with Crippen molar-refractivity contribution in [3.05, 3.63) is 52.8 Å². The fourth-order valence-corrected chi connectivity index (χ4v) is 5.76. The molecule has 0 bridgehead atoms. The molecule has 1 unspecified atom stereocenters. The van der Waals surface area contributed by atoms with Crippen LogP contribution in [0.2, 0.25) is 0 Å². The van der Waals surface area contributed by atoms with Gasteiger partial charge in [-0.1, -0.05) is 12.1 Å². The number of aromatic nitrogens is 1. The Morgan fingerprint density at radius 3 is 2.50 bits per heavy atom. The van der Waals surface area contributed by atoms with E-state index in [-0.39, 0.29) is 5.41 Å². The van der Waals surface area contributed by atoms with Gasteiger partial charge in [-0.25, -0.2) is 4.99 Å². The van der Waals surface area contributed by atoms with Gasteiger partial charge in [0.25, 0.3) is 0 Å². The smallest absolute Gasteiger partial charge is 0.184 e. The van der Waals surface area contributed by atoms with Gasteiger partial charge in [-0.15, -0.1) is 0 Å². The summed E-state index contributed by atoms with van der Waals surface area (Å²) in [6.07, 6.45) is 9.41. The third-order valence-corrected chi connectivity index (χ3v) is 7.74. The molecular formula is C25H30N4O. The van der Waals surface area contributed by atoms with Crippen LogP contribution in [0.5, 0.6) is 0 Å². The molecule has 2 aromatic rings. The first-order chi connectivity index (χ1) is 14.4. The first kappa shape index (κ1) is 19.4. The molecule has 2 N–H and O–H groups in total. The van der Waals surface area contributed by atoms with Crippen LogP contribution < -0.4 is 5.73 Å². The van der Waals surface area contributed by atoms with Gasteiger partial charge in [-0.3, -0.25) is 9.98 Å². The lowest BCUT2D eigenvalue weighted by atomic mass is 9.65. The summed E-state index contributed by atoms with van der Waals surface area (Å²) in [5.74, 6) is 0.579. The molecule has 2 spiro atoms. The van der Waals surface area contributed by atoms with Gasteiger partial charge < -0.3 is 10.5 Å². The quantitative estimate of drug-likeness (QED) is 0.805. The van der Waals surface area contributed by atoms with E-state index in [9.17, 15) is 0 Å². The number of ether oxygens (including phenoxy) is 1. The predicted octanol–water partition coefficient (Wildman–Crippen LogP) is 4.48. The molecule has 5 nitrogen and oxygen atoms in total. The molecule has 0 radical (unpaired) electrons. The van der Waals surface area contributed by atoms with Crippen LogP contribution in [0.25, 0.3) is 11.1 Å². The lowest BCUT2D eigenvalue weighted by Gasteiger charge is -2.44. The fraction of sp³-hybridized carbons (Fsp3) is 0.480. The van der Waals surface area contributed by atoms with Gasteiger partial charge >= 0.3 is 0 Å². The molecular weight excluding hydrogens is 372 g/mol. The highest BCUT2D eigenvalue weighted by Crippen LogP contribution is 2.62. The standard InChI is InChI=1S/C25H30N4O/c1-15-13-27-14-21(16(15)2)18-5-6-19-12-24(9-7-20(30-4)8-10-24)25(22(19)11-18)28-17(3)23(26)29-25/h5-6,11,13-14,20H,7-10,12H2,1-4H3,(H2,26,29)/t20-,24-,25?. The minimum absolute atomic E-state index is 0.0226. The van der Waals surface area contributed by atoms with E-state index in [4.69, 9.17) is 20.5 Å². The predicted molar refractivity (Wildman–Crippen MR) is 121 cm³/mol. The average molecular weight is 403 g/mol. The number of aryl methyl sites for hydroxylation is 1. The van der Waals surface area contributed by atoms with E-state index in [1.165, 1.54) is 33.4 Å². The first-order valence-electron chi connectivity index (χ1n) is 10.9. The Bertz CT molecular complexity index is 1060. The van der Waals surface area contributed by atoms with Crippen molar-refractivity contribution in [3.63, 3.8) is 0 Å². The maximum Gasteiger partial charge on any atom is 0.184 e. The molecule has 1 aromatic carbocycles. The van der Waals surface area contributed by atoms with E-state index in [0.29, 0.717) is 11.9 Å². The number of aliphatic imine (C=N–C) groups is 2. The van der Waals surface area contributed by atoms with Gasteiger partial charge in [0.2, 0.25) is 0 Å². The topological polar surface area (TPSA) is 72.9 Å². The van der Waals surface area contributed by atoms with E-state index in [1.807, 2.05) is 26.4 Å². The molecule has 1 atom stereocenters. The number of nitrogens with zero attached hydrogens (tertiary/aromatic N) is 3. The third kappa shape index (κ3) is 2.61. The summed E-state index contributed by atoms with van der Waals surface area (Å²) in [7, 11) is 1.82. The zero-order chi connectivity index (χ0) is 21.1. The summed E-state index contributed by atoms with van der Waals surface area (Å²) in [4.78, 5) is 14.7. The molecule has 1 aromatic heterocycles. The van der Waals surface area contributed by atoms with Gasteiger partial charge in [0.1, 0.15) is 5.84 Å². The number of hydrogen-bond acceptors (Lipinski definition) is 5. The van der Waals surface area contributed by atoms with Gasteiger partial charge in [-0.05, 0) is 81.2 Å². The second kappa shape index (κ2) is 6.74. The summed E-state index contributed by atoms with van der Waals surface area (Å²) >= 11 is 0. The summed E-state index contributed by atoms with van der Waals surface area (Å²) in [5, 5.41) is 0. The van der Waals surface area contributed by atoms with Crippen LogP contribution in [0, 0.1) is 19.3 Å². The van der Waals surface area contributed by atoms with Crippen molar-refractivity contribution >= 4 is 11.5 Å². The molecule has 5 rings (SSSR count). The number of amidine groups is 1. The molecule has 0 amide bonds. The zero-order valence-electron chi connectivity index (χ0n) is 18.3. The molecule has 5 heteroatoms. The summed E-state index contributed by atoms with van der Waals surface area (Å²) < 4.78 is 5.66. The molecule has 1 aliphatic heterocycles. The Balaban J connectivity index is 1.67. The van der Waals surface area contributed by atoms with Crippen LogP contribution in [0.4, 0.5) is 0 Å². The van der Waals surface area contributed by atoms with Crippen LogP contribution >= 0.6 is 0 Å². The molecule has 1 saturated carbocycles. The Hall–Kier alpha value is -2.53. The molecule has 0 saturated heterocycles. The Kier molecular flexibility index (Phi) is 4.37. The first-order valence-corrected chi connectivity index (χ1v) is 10.9. The van der Waals surface area contributed by atoms with Crippen molar-refractivity contribution in [2.24, 2.45) is 21.1 Å². The van der Waals surface area contributed by atoms with Crippen molar-refractivity contribution in [1.82, 2.24) is 4.98 Å². The van der Waals surface area contributed by atoms with Gasteiger partial charge in [-0.2, -0.15) is 0 Å². The van der Waals surface area contributed by atoms with E-state index in [0.717, 1.165) is 37.8 Å². The summed E-state index contributed by atoms with van der Waals surface area (Å²) in [6.45, 7) is 6.26. The van der Waals surface area contributed by atoms with Gasteiger partial charge in [0, 0.05) is 36.0 Å². The number of pyridine rings is 1. The van der Waals surface area contributed by atoms with Gasteiger partial charge in [0.05, 0.1) is 11.8 Å². The van der Waals surface area contributed by atoms with Crippen molar-refractivity contribution in [2.75, 3.05) is 7.11 Å². The number of benzene rings is 1. The molecule has 3 aliphatic rings.